The van der Waals surface area contributed by atoms with Gasteiger partial charge in [-0.2, -0.15) is 0 Å². The fourth-order valence-corrected chi connectivity index (χ4v) is 0.894. The summed E-state index contributed by atoms with van der Waals surface area (Å²) >= 11 is 0. The second-order valence-corrected chi connectivity index (χ2v) is 4.80. The quantitative estimate of drug-likeness (QED) is 0.149. The summed E-state index contributed by atoms with van der Waals surface area (Å²) in [6, 6.07) is 0. The molecule has 0 aromatic rings. The van der Waals surface area contributed by atoms with Crippen LogP contribution >= 0.6 is 0 Å². The van der Waals surface area contributed by atoms with Crippen LogP contribution in [0.4, 0.5) is 0 Å². The van der Waals surface area contributed by atoms with Gasteiger partial charge in [-0.25, -0.2) is 0 Å². The molecule has 0 heterocycles. The van der Waals surface area contributed by atoms with Crippen LogP contribution in [0, 0.1) is 0 Å². The molecular weight excluding hydrogens is 591 g/mol. The number of aliphatic hydroxyl groups excluding tert-OH is 4. The summed E-state index contributed by atoms with van der Waals surface area (Å²) in [5, 5.41) is 70.2. The average molecular weight is 620 g/mol. The molecule has 0 aliphatic rings. The first-order valence-electron chi connectivity index (χ1n) is 8.31. The van der Waals surface area contributed by atoms with E-state index in [0.717, 1.165) is 0 Å². The van der Waals surface area contributed by atoms with Gasteiger partial charge in [0.2, 0.25) is 0 Å². The standard InChI is InChI=1S/4C4H8O3.Pb/c4*5-3-1-2-4(6)7;/h4*5H,1-3H2,(H,6,7);/p-4. The van der Waals surface area contributed by atoms with Crippen molar-refractivity contribution in [3.63, 3.8) is 0 Å². The summed E-state index contributed by atoms with van der Waals surface area (Å²) < 4.78 is 0. The Morgan fingerprint density at radius 1 is 0.448 bits per heavy atom. The third-order valence-electron chi connectivity index (χ3n) is 2.16. The first kappa shape index (κ1) is 38.3. The first-order valence-corrected chi connectivity index (χ1v) is 8.31. The molecular formula is C16H28O12Pb-4. The van der Waals surface area contributed by atoms with Crippen LogP contribution < -0.4 is 20.4 Å². The van der Waals surface area contributed by atoms with Crippen LogP contribution in [-0.4, -0.2) is 98.0 Å². The van der Waals surface area contributed by atoms with Crippen LogP contribution in [0.25, 0.3) is 0 Å². The Balaban J connectivity index is -0.0000000873. The molecule has 13 heteroatoms. The van der Waals surface area contributed by atoms with E-state index in [1.54, 1.807) is 0 Å². The number of carbonyl (C=O) groups excluding carboxylic acids is 4. The molecule has 0 bridgehead atoms. The van der Waals surface area contributed by atoms with Gasteiger partial charge in [-0.3, -0.25) is 0 Å². The Hall–Kier alpha value is -1.36. The average Bonchev–Trinajstić information content (AvgIpc) is 2.62. The molecule has 4 N–H and O–H groups in total. The van der Waals surface area contributed by atoms with Crippen molar-refractivity contribution in [2.75, 3.05) is 26.4 Å². The maximum atomic E-state index is 9.54. The molecule has 0 aromatic carbocycles. The molecule has 0 aliphatic carbocycles. The van der Waals surface area contributed by atoms with Gasteiger partial charge in [0.15, 0.2) is 0 Å². The number of carbonyl (C=O) groups is 4. The number of hydrogen-bond donors (Lipinski definition) is 4. The van der Waals surface area contributed by atoms with Gasteiger partial charge in [-0.15, -0.1) is 0 Å². The predicted molar refractivity (Wildman–Crippen MR) is 91.1 cm³/mol. The van der Waals surface area contributed by atoms with Crippen molar-refractivity contribution >= 4 is 51.2 Å². The summed E-state index contributed by atoms with van der Waals surface area (Å²) in [5.41, 5.74) is 0. The van der Waals surface area contributed by atoms with Crippen LogP contribution in [0.5, 0.6) is 0 Å². The Labute approximate surface area is 189 Å². The topological polar surface area (TPSA) is 241 Å². The molecule has 0 spiro atoms. The minimum atomic E-state index is -1.10. The molecule has 0 atom stereocenters. The van der Waals surface area contributed by atoms with Crippen molar-refractivity contribution in [1.82, 2.24) is 0 Å². The Morgan fingerprint density at radius 3 is 0.621 bits per heavy atom. The van der Waals surface area contributed by atoms with Gasteiger partial charge in [-0.05, 0) is 51.4 Å². The zero-order valence-electron chi connectivity index (χ0n) is 16.0. The van der Waals surface area contributed by atoms with Crippen molar-refractivity contribution in [2.45, 2.75) is 51.4 Å². The number of carboxylic acids is 4. The zero-order valence-corrected chi connectivity index (χ0v) is 19.9. The normalized spacial score (nSPS) is 8.41. The monoisotopic (exact) mass is 620 g/mol. The van der Waals surface area contributed by atoms with E-state index in [0.29, 0.717) is 25.7 Å². The molecule has 0 rings (SSSR count). The number of aliphatic hydroxyl groups is 4. The van der Waals surface area contributed by atoms with E-state index in [4.69, 9.17) is 20.4 Å². The van der Waals surface area contributed by atoms with Crippen LogP contribution in [-0.2, 0) is 19.2 Å². The third kappa shape index (κ3) is 75.5. The van der Waals surface area contributed by atoms with Crippen LogP contribution in [0.3, 0.4) is 0 Å². The summed E-state index contributed by atoms with van der Waals surface area (Å²) in [6.45, 7) is -0.302. The van der Waals surface area contributed by atoms with Crippen molar-refractivity contribution in [3.05, 3.63) is 0 Å². The van der Waals surface area contributed by atoms with E-state index in [1.807, 2.05) is 0 Å². The molecule has 29 heavy (non-hydrogen) atoms. The Morgan fingerprint density at radius 2 is 0.586 bits per heavy atom. The van der Waals surface area contributed by atoms with E-state index < -0.39 is 23.9 Å². The van der Waals surface area contributed by atoms with Crippen LogP contribution in [0.1, 0.15) is 51.4 Å². The minimum Gasteiger partial charge on any atom is -0.550 e. The molecule has 12 nitrogen and oxygen atoms in total. The van der Waals surface area contributed by atoms with E-state index in [1.165, 1.54) is 0 Å². The van der Waals surface area contributed by atoms with E-state index in [-0.39, 0.29) is 79.4 Å². The van der Waals surface area contributed by atoms with Gasteiger partial charge < -0.3 is 60.0 Å². The molecule has 0 unspecified atom stereocenters. The predicted octanol–water partition coefficient (Wildman–Crippen LogP) is -6.35. The molecule has 0 aliphatic heterocycles. The van der Waals surface area contributed by atoms with Crippen LogP contribution in [0.15, 0.2) is 0 Å². The fraction of sp³-hybridized carbons (Fsp3) is 0.750. The molecule has 172 valence electrons. The van der Waals surface area contributed by atoms with Gasteiger partial charge in [0.1, 0.15) is 0 Å². The van der Waals surface area contributed by atoms with Crippen molar-refractivity contribution in [1.29, 1.82) is 0 Å². The van der Waals surface area contributed by atoms with Crippen molar-refractivity contribution < 1.29 is 60.0 Å². The molecule has 0 amide bonds. The smallest absolute Gasteiger partial charge is 0.0434 e. The van der Waals surface area contributed by atoms with Gasteiger partial charge >= 0.3 is 0 Å². The zero-order chi connectivity index (χ0) is 22.8. The fourth-order valence-electron chi connectivity index (χ4n) is 0.894. The van der Waals surface area contributed by atoms with Crippen molar-refractivity contribution in [3.8, 4) is 0 Å². The van der Waals surface area contributed by atoms with E-state index >= 15 is 0 Å². The van der Waals surface area contributed by atoms with Gasteiger partial charge in [-0.1, -0.05) is 0 Å². The number of carboxylic acid groups (broad SMARTS) is 4. The Bertz CT molecular complexity index is 318. The molecule has 0 fully saturated rings. The number of rotatable bonds is 12. The van der Waals surface area contributed by atoms with Crippen molar-refractivity contribution in [2.24, 2.45) is 0 Å². The maximum Gasteiger partial charge on any atom is 0.0434 e. The molecule has 0 saturated heterocycles. The van der Waals surface area contributed by atoms with Crippen LogP contribution in [0.2, 0.25) is 0 Å². The van der Waals surface area contributed by atoms with Gasteiger partial charge in [0, 0.05) is 77.6 Å². The summed E-state index contributed by atoms with van der Waals surface area (Å²) in [5.74, 6) is -4.41. The van der Waals surface area contributed by atoms with Gasteiger partial charge in [0.05, 0.1) is 0 Å². The summed E-state index contributed by atoms with van der Waals surface area (Å²) in [6.07, 6.45) is 0.995. The summed E-state index contributed by atoms with van der Waals surface area (Å²) in [4.78, 5) is 38.1. The second-order valence-electron chi connectivity index (χ2n) is 4.80. The van der Waals surface area contributed by atoms with E-state index in [2.05, 4.69) is 0 Å². The minimum absolute atomic E-state index is 0. The summed E-state index contributed by atoms with van der Waals surface area (Å²) in [7, 11) is 0. The largest absolute Gasteiger partial charge is 0.550 e. The molecule has 0 saturated carbocycles. The molecule has 0 aromatic heterocycles. The first-order chi connectivity index (χ1) is 13.1. The third-order valence-corrected chi connectivity index (χ3v) is 2.16. The van der Waals surface area contributed by atoms with Gasteiger partial charge in [0.25, 0.3) is 0 Å². The SMILES string of the molecule is O=C([O-])CCCO.O=C([O-])CCCO.O=C([O-])CCCO.O=C([O-])CCCO.[Pb]. The van der Waals surface area contributed by atoms with E-state index in [9.17, 15) is 39.6 Å². The Kier molecular flexibility index (Phi) is 45.1. The maximum absolute atomic E-state index is 9.54. The number of hydrogen-bond acceptors (Lipinski definition) is 12. The second kappa shape index (κ2) is 34.2. The molecule has 4 radical (unpaired) electrons. The number of aliphatic carboxylic acids is 4.